The molecule has 0 fully saturated rings. The molecular formula is C31H55N5O7. The summed E-state index contributed by atoms with van der Waals surface area (Å²) in [6.45, 7) is 6.69. The Balaban J connectivity index is 5.36. The van der Waals surface area contributed by atoms with E-state index in [1.165, 1.54) is 27.7 Å². The maximum Gasteiger partial charge on any atom is 0.222 e. The Hall–Kier alpha value is -2.99. The zero-order valence-corrected chi connectivity index (χ0v) is 27.1. The van der Waals surface area contributed by atoms with E-state index in [0.717, 1.165) is 19.4 Å². The summed E-state index contributed by atoms with van der Waals surface area (Å²) in [7, 11) is 3.57. The zero-order chi connectivity index (χ0) is 32.8. The molecule has 12 nitrogen and oxygen atoms in total. The van der Waals surface area contributed by atoms with Crippen LogP contribution in [0.2, 0.25) is 0 Å². The van der Waals surface area contributed by atoms with Gasteiger partial charge in [0.2, 0.25) is 17.7 Å². The van der Waals surface area contributed by atoms with Gasteiger partial charge in [0.15, 0.2) is 0 Å². The van der Waals surface area contributed by atoms with E-state index >= 15 is 0 Å². The number of nitrogens with one attached hydrogen (secondary N) is 5. The van der Waals surface area contributed by atoms with Crippen molar-refractivity contribution in [2.24, 2.45) is 0 Å². The molecular weight excluding hydrogens is 554 g/mol. The molecule has 3 amide bonds. The third-order valence-corrected chi connectivity index (χ3v) is 7.10. The number of rotatable bonds is 26. The van der Waals surface area contributed by atoms with E-state index in [-0.39, 0.29) is 98.4 Å². The zero-order valence-electron chi connectivity index (χ0n) is 27.1. The van der Waals surface area contributed by atoms with E-state index in [4.69, 9.17) is 0 Å². The van der Waals surface area contributed by atoms with Crippen LogP contribution in [-0.2, 0) is 33.6 Å². The van der Waals surface area contributed by atoms with Gasteiger partial charge in [-0.25, -0.2) is 0 Å². The van der Waals surface area contributed by atoms with Gasteiger partial charge < -0.3 is 41.0 Å². The van der Waals surface area contributed by atoms with Crippen LogP contribution in [0.15, 0.2) is 0 Å². The normalized spacial score (nSPS) is 13.7. The summed E-state index contributed by atoms with van der Waals surface area (Å²) < 4.78 is 0. The number of unbranched alkanes of at least 4 members (excludes halogenated alkanes) is 1. The van der Waals surface area contributed by atoms with Gasteiger partial charge in [0.1, 0.15) is 23.1 Å². The van der Waals surface area contributed by atoms with Crippen molar-refractivity contribution in [3.63, 3.8) is 0 Å². The smallest absolute Gasteiger partial charge is 0.222 e. The van der Waals surface area contributed by atoms with E-state index in [2.05, 4.69) is 26.6 Å². The lowest BCUT2D eigenvalue weighted by Gasteiger charge is -2.24. The molecule has 0 aliphatic heterocycles. The van der Waals surface area contributed by atoms with Gasteiger partial charge in [0, 0.05) is 69.1 Å². The van der Waals surface area contributed by atoms with E-state index in [1.807, 2.05) is 7.05 Å². The van der Waals surface area contributed by atoms with Gasteiger partial charge in [0.25, 0.3) is 0 Å². The Labute approximate surface area is 257 Å². The molecule has 0 aliphatic carbocycles. The van der Waals surface area contributed by atoms with Crippen LogP contribution in [0.25, 0.3) is 0 Å². The Morgan fingerprint density at radius 3 is 1.19 bits per heavy atom. The first kappa shape index (κ1) is 40.0. The van der Waals surface area contributed by atoms with Crippen molar-refractivity contribution in [3.8, 4) is 0 Å². The Bertz CT molecular complexity index is 924. The van der Waals surface area contributed by atoms with Gasteiger partial charge in [-0.3, -0.25) is 19.2 Å². The molecule has 0 heterocycles. The lowest BCUT2D eigenvalue weighted by molar-refractivity contribution is -0.126. The summed E-state index contributed by atoms with van der Waals surface area (Å²) in [6.07, 6.45) is 4.29. The first-order valence-electron chi connectivity index (χ1n) is 15.4. The molecule has 0 aliphatic rings. The second-order valence-corrected chi connectivity index (χ2v) is 11.6. The van der Waals surface area contributed by atoms with E-state index in [9.17, 15) is 33.6 Å². The van der Waals surface area contributed by atoms with Crippen LogP contribution < -0.4 is 26.6 Å². The largest absolute Gasteiger partial charge is 0.353 e. The van der Waals surface area contributed by atoms with Crippen LogP contribution in [0, 0.1) is 0 Å². The standard InChI is InChI=1S/C31H55N5O7/c1-21(37)10-13-25(33-6)18-29(41)35-27(14-11-22(2)38)20-31(43)36-28(15-12-23(3)39)19-30(42)34-26(17-24(4)40)9-7-8-16-32-5/h25-28,32-33H,7-20H2,1-6H3,(H,34,42)(H,35,41)(H,36,43). The van der Waals surface area contributed by atoms with Gasteiger partial charge in [-0.05, 0) is 80.4 Å². The minimum Gasteiger partial charge on any atom is -0.353 e. The highest BCUT2D eigenvalue weighted by molar-refractivity contribution is 5.83. The summed E-state index contributed by atoms with van der Waals surface area (Å²) in [5.41, 5.74) is 0. The van der Waals surface area contributed by atoms with Crippen LogP contribution in [0.4, 0.5) is 0 Å². The van der Waals surface area contributed by atoms with Crippen LogP contribution in [0.1, 0.15) is 111 Å². The Morgan fingerprint density at radius 1 is 0.465 bits per heavy atom. The highest BCUT2D eigenvalue weighted by Gasteiger charge is 2.24. The number of ketones is 4. The molecule has 0 rings (SSSR count). The molecule has 0 radical (unpaired) electrons. The maximum absolute atomic E-state index is 13.1. The number of carbonyl (C=O) groups is 7. The van der Waals surface area contributed by atoms with E-state index in [0.29, 0.717) is 19.3 Å². The molecule has 0 saturated heterocycles. The van der Waals surface area contributed by atoms with Crippen LogP contribution in [-0.4, -0.2) is 85.7 Å². The molecule has 246 valence electrons. The number of hydrogen-bond donors (Lipinski definition) is 5. The average molecular weight is 610 g/mol. The predicted molar refractivity (Wildman–Crippen MR) is 165 cm³/mol. The third-order valence-electron chi connectivity index (χ3n) is 7.10. The number of carbonyl (C=O) groups excluding carboxylic acids is 7. The van der Waals surface area contributed by atoms with Crippen LogP contribution in [0.3, 0.4) is 0 Å². The topological polar surface area (TPSA) is 180 Å². The Morgan fingerprint density at radius 2 is 0.837 bits per heavy atom. The summed E-state index contributed by atoms with van der Waals surface area (Å²) in [5.74, 6) is -1.18. The van der Waals surface area contributed by atoms with Gasteiger partial charge >= 0.3 is 0 Å². The fourth-order valence-electron chi connectivity index (χ4n) is 4.73. The summed E-state index contributed by atoms with van der Waals surface area (Å²) in [5, 5.41) is 14.7. The van der Waals surface area contributed by atoms with Crippen molar-refractivity contribution in [2.45, 2.75) is 135 Å². The van der Waals surface area contributed by atoms with Crippen molar-refractivity contribution >= 4 is 40.9 Å². The first-order chi connectivity index (χ1) is 20.2. The van der Waals surface area contributed by atoms with Crippen LogP contribution >= 0.6 is 0 Å². The molecule has 0 spiro atoms. The number of Topliss-reactive ketones (excluding diaryl/α,β-unsaturated/α-hetero) is 4. The van der Waals surface area contributed by atoms with Crippen molar-refractivity contribution in [1.82, 2.24) is 26.6 Å². The second-order valence-electron chi connectivity index (χ2n) is 11.6. The molecule has 4 unspecified atom stereocenters. The SMILES string of the molecule is CNCCCCC(CC(C)=O)NC(=O)CC(CCC(C)=O)NC(=O)CC(CCC(C)=O)NC(=O)CC(CCC(C)=O)NC. The van der Waals surface area contributed by atoms with Gasteiger partial charge in [-0.1, -0.05) is 6.42 Å². The van der Waals surface area contributed by atoms with Crippen molar-refractivity contribution in [2.75, 3.05) is 20.6 Å². The summed E-state index contributed by atoms with van der Waals surface area (Å²) in [4.78, 5) is 85.2. The van der Waals surface area contributed by atoms with Crippen molar-refractivity contribution in [1.29, 1.82) is 0 Å². The second kappa shape index (κ2) is 23.5. The highest BCUT2D eigenvalue weighted by atomic mass is 16.2. The molecule has 43 heavy (non-hydrogen) atoms. The summed E-state index contributed by atoms with van der Waals surface area (Å²) >= 11 is 0. The third kappa shape index (κ3) is 23.2. The molecule has 0 aromatic rings. The van der Waals surface area contributed by atoms with Crippen molar-refractivity contribution < 1.29 is 33.6 Å². The molecule has 5 N–H and O–H groups in total. The van der Waals surface area contributed by atoms with E-state index in [1.54, 1.807) is 7.05 Å². The fraction of sp³-hybridized carbons (Fsp3) is 0.774. The number of amides is 3. The molecule has 0 saturated carbocycles. The van der Waals surface area contributed by atoms with Gasteiger partial charge in [0.05, 0.1) is 0 Å². The monoisotopic (exact) mass is 609 g/mol. The quantitative estimate of drug-likeness (QED) is 0.0912. The average Bonchev–Trinajstić information content (AvgIpc) is 2.90. The predicted octanol–water partition coefficient (Wildman–Crippen LogP) is 1.68. The lowest BCUT2D eigenvalue weighted by atomic mass is 10.0. The highest BCUT2D eigenvalue weighted by Crippen LogP contribution is 2.11. The van der Waals surface area contributed by atoms with Crippen molar-refractivity contribution in [3.05, 3.63) is 0 Å². The van der Waals surface area contributed by atoms with Gasteiger partial charge in [-0.2, -0.15) is 0 Å². The Kier molecular flexibility index (Phi) is 21.8. The lowest BCUT2D eigenvalue weighted by Crippen LogP contribution is -2.45. The molecule has 0 aromatic carbocycles. The molecule has 0 bridgehead atoms. The minimum absolute atomic E-state index is 0.0288. The van der Waals surface area contributed by atoms with E-state index < -0.39 is 18.0 Å². The molecule has 12 heteroatoms. The number of hydrogen-bond acceptors (Lipinski definition) is 9. The summed E-state index contributed by atoms with van der Waals surface area (Å²) in [6, 6.07) is -1.76. The van der Waals surface area contributed by atoms with Crippen LogP contribution in [0.5, 0.6) is 0 Å². The minimum atomic E-state index is -0.622. The molecule has 0 aromatic heterocycles. The maximum atomic E-state index is 13.1. The molecule has 4 atom stereocenters. The van der Waals surface area contributed by atoms with Gasteiger partial charge in [-0.15, -0.1) is 0 Å². The fourth-order valence-corrected chi connectivity index (χ4v) is 4.73. The first-order valence-corrected chi connectivity index (χ1v) is 15.4.